The van der Waals surface area contributed by atoms with E-state index in [0.29, 0.717) is 32.6 Å². The zero-order valence-corrected chi connectivity index (χ0v) is 11.6. The van der Waals surface area contributed by atoms with Gasteiger partial charge in [0.05, 0.1) is 5.41 Å². The summed E-state index contributed by atoms with van der Waals surface area (Å²) in [5.74, 6) is -0.712. The monoisotopic (exact) mass is 263 g/mol. The first-order valence-electron chi connectivity index (χ1n) is 6.63. The van der Waals surface area contributed by atoms with Gasteiger partial charge < -0.3 is 14.7 Å². The minimum Gasteiger partial charge on any atom is -0.481 e. The maximum atomic E-state index is 11.6. The summed E-state index contributed by atoms with van der Waals surface area (Å²) in [5, 5.41) is 9.57. The lowest BCUT2D eigenvalue weighted by Gasteiger charge is -2.37. The molecule has 0 unspecified atom stereocenters. The van der Waals surface area contributed by atoms with Crippen molar-refractivity contribution in [3.05, 3.63) is 29.8 Å². The van der Waals surface area contributed by atoms with Gasteiger partial charge in [0.1, 0.15) is 0 Å². The second-order valence-electron chi connectivity index (χ2n) is 5.34. The van der Waals surface area contributed by atoms with Gasteiger partial charge >= 0.3 is 5.97 Å². The number of ether oxygens (including phenoxy) is 1. The van der Waals surface area contributed by atoms with E-state index in [4.69, 9.17) is 4.74 Å². The van der Waals surface area contributed by atoms with E-state index in [9.17, 15) is 9.90 Å². The number of rotatable bonds is 4. The fourth-order valence-corrected chi connectivity index (χ4v) is 2.73. The Morgan fingerprint density at radius 2 is 2.00 bits per heavy atom. The molecule has 1 aliphatic rings. The number of hydrogen-bond acceptors (Lipinski definition) is 3. The summed E-state index contributed by atoms with van der Waals surface area (Å²) in [7, 11) is 1.96. The second kappa shape index (κ2) is 5.61. The highest BCUT2D eigenvalue weighted by Gasteiger charge is 2.41. The van der Waals surface area contributed by atoms with Crippen LogP contribution in [0.2, 0.25) is 0 Å². The van der Waals surface area contributed by atoms with E-state index in [2.05, 4.69) is 4.90 Å². The quantitative estimate of drug-likeness (QED) is 0.905. The first-order chi connectivity index (χ1) is 9.05. The van der Waals surface area contributed by atoms with Crippen molar-refractivity contribution >= 4 is 11.7 Å². The molecule has 1 aliphatic heterocycles. The van der Waals surface area contributed by atoms with Crippen LogP contribution in [-0.2, 0) is 9.53 Å². The fraction of sp³-hybridized carbons (Fsp3) is 0.533. The molecule has 4 heteroatoms. The Labute approximate surface area is 114 Å². The van der Waals surface area contributed by atoms with Gasteiger partial charge in [0, 0.05) is 32.5 Å². The molecule has 1 N–H and O–H groups in total. The van der Waals surface area contributed by atoms with E-state index in [1.807, 2.05) is 38.2 Å². The number of para-hydroxylation sites is 1. The normalized spacial score (nSPS) is 18.0. The molecule has 0 aliphatic carbocycles. The summed E-state index contributed by atoms with van der Waals surface area (Å²) >= 11 is 0. The molecule has 2 rings (SSSR count). The molecule has 19 heavy (non-hydrogen) atoms. The van der Waals surface area contributed by atoms with Crippen molar-refractivity contribution < 1.29 is 14.6 Å². The van der Waals surface area contributed by atoms with E-state index < -0.39 is 11.4 Å². The molecule has 1 saturated heterocycles. The number of nitrogens with zero attached hydrogens (tertiary/aromatic N) is 1. The molecule has 0 saturated carbocycles. The average molecular weight is 263 g/mol. The Morgan fingerprint density at radius 1 is 1.37 bits per heavy atom. The van der Waals surface area contributed by atoms with Gasteiger partial charge in [-0.2, -0.15) is 0 Å². The standard InChI is InChI=1S/C15H21NO3/c1-12-5-3-4-6-13(12)16(2)11-15(14(17)18)7-9-19-10-8-15/h3-6H,7-11H2,1-2H3,(H,17,18). The summed E-state index contributed by atoms with van der Waals surface area (Å²) in [6.07, 6.45) is 1.16. The lowest BCUT2D eigenvalue weighted by molar-refractivity contribution is -0.154. The predicted molar refractivity (Wildman–Crippen MR) is 74.6 cm³/mol. The van der Waals surface area contributed by atoms with E-state index in [0.717, 1.165) is 11.3 Å². The van der Waals surface area contributed by atoms with Gasteiger partial charge in [0.25, 0.3) is 0 Å². The molecule has 1 heterocycles. The third-order valence-electron chi connectivity index (χ3n) is 3.97. The van der Waals surface area contributed by atoms with Gasteiger partial charge in [0.2, 0.25) is 0 Å². The number of benzene rings is 1. The van der Waals surface area contributed by atoms with Crippen LogP contribution < -0.4 is 4.90 Å². The van der Waals surface area contributed by atoms with Gasteiger partial charge in [-0.05, 0) is 31.4 Å². The van der Waals surface area contributed by atoms with Crippen LogP contribution in [0.5, 0.6) is 0 Å². The highest BCUT2D eigenvalue weighted by molar-refractivity contribution is 5.76. The SMILES string of the molecule is Cc1ccccc1N(C)CC1(C(=O)O)CCOCC1. The first kappa shape index (κ1) is 13.9. The lowest BCUT2D eigenvalue weighted by atomic mass is 9.79. The number of carboxylic acid groups (broad SMARTS) is 1. The number of carbonyl (C=O) groups is 1. The molecule has 0 bridgehead atoms. The Hall–Kier alpha value is -1.55. The molecule has 0 radical (unpaired) electrons. The van der Waals surface area contributed by atoms with Crippen LogP contribution in [0, 0.1) is 12.3 Å². The van der Waals surface area contributed by atoms with E-state index in [1.165, 1.54) is 0 Å². The maximum absolute atomic E-state index is 11.6. The topological polar surface area (TPSA) is 49.8 Å². The van der Waals surface area contributed by atoms with Crippen molar-refractivity contribution in [2.45, 2.75) is 19.8 Å². The van der Waals surface area contributed by atoms with E-state index in [1.54, 1.807) is 0 Å². The number of carboxylic acids is 1. The predicted octanol–water partition coefficient (Wildman–Crippen LogP) is 2.31. The van der Waals surface area contributed by atoms with Crippen LogP contribution >= 0.6 is 0 Å². The summed E-state index contributed by atoms with van der Waals surface area (Å²) in [5.41, 5.74) is 1.57. The smallest absolute Gasteiger partial charge is 0.311 e. The fourth-order valence-electron chi connectivity index (χ4n) is 2.73. The molecule has 0 atom stereocenters. The summed E-state index contributed by atoms with van der Waals surface area (Å²) in [6.45, 7) is 3.64. The van der Waals surface area contributed by atoms with Gasteiger partial charge in [-0.1, -0.05) is 18.2 Å². The molecular weight excluding hydrogens is 242 g/mol. The van der Waals surface area contributed by atoms with Crippen molar-refractivity contribution in [3.63, 3.8) is 0 Å². The Bertz CT molecular complexity index is 452. The summed E-state index contributed by atoms with van der Waals surface area (Å²) < 4.78 is 5.30. The Morgan fingerprint density at radius 3 is 2.58 bits per heavy atom. The van der Waals surface area contributed by atoms with Crippen LogP contribution in [0.25, 0.3) is 0 Å². The second-order valence-corrected chi connectivity index (χ2v) is 5.34. The van der Waals surface area contributed by atoms with Crippen molar-refractivity contribution in [2.75, 3.05) is 31.7 Å². The van der Waals surface area contributed by atoms with Crippen molar-refractivity contribution in [1.82, 2.24) is 0 Å². The summed E-state index contributed by atoms with van der Waals surface area (Å²) in [6, 6.07) is 8.05. The molecule has 1 aromatic carbocycles. The molecule has 0 amide bonds. The highest BCUT2D eigenvalue weighted by atomic mass is 16.5. The zero-order valence-electron chi connectivity index (χ0n) is 11.6. The molecule has 0 aromatic heterocycles. The molecule has 1 fully saturated rings. The van der Waals surface area contributed by atoms with Crippen LogP contribution in [0.15, 0.2) is 24.3 Å². The molecular formula is C15H21NO3. The van der Waals surface area contributed by atoms with Crippen LogP contribution in [0.4, 0.5) is 5.69 Å². The van der Waals surface area contributed by atoms with Gasteiger partial charge in [-0.15, -0.1) is 0 Å². The van der Waals surface area contributed by atoms with Gasteiger partial charge in [0.15, 0.2) is 0 Å². The number of hydrogen-bond donors (Lipinski definition) is 1. The van der Waals surface area contributed by atoms with E-state index >= 15 is 0 Å². The largest absolute Gasteiger partial charge is 0.481 e. The van der Waals surface area contributed by atoms with Crippen molar-refractivity contribution in [3.8, 4) is 0 Å². The van der Waals surface area contributed by atoms with Gasteiger partial charge in [-0.3, -0.25) is 4.79 Å². The Balaban J connectivity index is 2.18. The number of aryl methyl sites for hydroxylation is 1. The van der Waals surface area contributed by atoms with Crippen molar-refractivity contribution in [1.29, 1.82) is 0 Å². The zero-order chi connectivity index (χ0) is 13.9. The molecule has 0 spiro atoms. The highest BCUT2D eigenvalue weighted by Crippen LogP contribution is 2.33. The third kappa shape index (κ3) is 2.89. The molecule has 4 nitrogen and oxygen atoms in total. The Kier molecular flexibility index (Phi) is 4.10. The first-order valence-corrected chi connectivity index (χ1v) is 6.63. The van der Waals surface area contributed by atoms with Crippen LogP contribution in [0.1, 0.15) is 18.4 Å². The average Bonchev–Trinajstić information content (AvgIpc) is 2.40. The molecule has 1 aromatic rings. The maximum Gasteiger partial charge on any atom is 0.311 e. The van der Waals surface area contributed by atoms with Gasteiger partial charge in [-0.25, -0.2) is 0 Å². The minimum atomic E-state index is -0.712. The number of anilines is 1. The lowest BCUT2D eigenvalue weighted by Crippen LogP contribution is -2.45. The third-order valence-corrected chi connectivity index (χ3v) is 3.97. The van der Waals surface area contributed by atoms with Crippen LogP contribution in [-0.4, -0.2) is 37.9 Å². The van der Waals surface area contributed by atoms with Crippen LogP contribution in [0.3, 0.4) is 0 Å². The minimum absolute atomic E-state index is 0.524. The molecule has 104 valence electrons. The summed E-state index contributed by atoms with van der Waals surface area (Å²) in [4.78, 5) is 13.7. The number of aliphatic carboxylic acids is 1. The van der Waals surface area contributed by atoms with E-state index in [-0.39, 0.29) is 0 Å². The van der Waals surface area contributed by atoms with Crippen molar-refractivity contribution in [2.24, 2.45) is 5.41 Å².